The molecule has 2 heterocycles. The first-order valence-corrected chi connectivity index (χ1v) is 8.28. The zero-order chi connectivity index (χ0) is 17.2. The van der Waals surface area contributed by atoms with Gasteiger partial charge in [-0.2, -0.15) is 15.4 Å². The molecule has 0 amide bonds. The molecule has 0 saturated heterocycles. The molecular weight excluding hydrogens is 314 g/mol. The zero-order valence-electron chi connectivity index (χ0n) is 13.9. The van der Waals surface area contributed by atoms with Gasteiger partial charge < -0.3 is 9.67 Å². The Morgan fingerprint density at radius 3 is 2.72 bits per heavy atom. The van der Waals surface area contributed by atoms with E-state index in [-0.39, 0.29) is 0 Å². The van der Waals surface area contributed by atoms with Crippen LogP contribution < -0.4 is 0 Å². The maximum atomic E-state index is 9.96. The van der Waals surface area contributed by atoms with Gasteiger partial charge in [-0.15, -0.1) is 0 Å². The van der Waals surface area contributed by atoms with Crippen LogP contribution in [0.15, 0.2) is 54.9 Å². The average molecular weight is 333 g/mol. The van der Waals surface area contributed by atoms with Gasteiger partial charge in [0.1, 0.15) is 11.0 Å². The molecule has 6 heteroatoms. The number of aromatic amines is 1. The number of benzene rings is 2. The molecule has 2 aromatic heterocycles. The summed E-state index contributed by atoms with van der Waals surface area (Å²) in [6.45, 7) is 2.43. The highest BCUT2D eigenvalue weighted by Crippen LogP contribution is 2.25. The van der Waals surface area contributed by atoms with Crippen LogP contribution in [0.3, 0.4) is 0 Å². The van der Waals surface area contributed by atoms with Crippen molar-refractivity contribution in [3.63, 3.8) is 0 Å². The summed E-state index contributed by atoms with van der Waals surface area (Å²) in [7, 11) is 0. The molecule has 0 aliphatic heterocycles. The van der Waals surface area contributed by atoms with E-state index in [2.05, 4.69) is 25.0 Å². The third-order valence-electron chi connectivity index (χ3n) is 4.25. The van der Waals surface area contributed by atoms with E-state index >= 15 is 0 Å². The molecule has 1 unspecified atom stereocenters. The summed E-state index contributed by atoms with van der Waals surface area (Å²) in [4.78, 5) is 4.61. The maximum Gasteiger partial charge on any atom is 0.117 e. The summed E-state index contributed by atoms with van der Waals surface area (Å²) in [5, 5.41) is 21.0. The molecule has 0 spiro atoms. The highest BCUT2D eigenvalue weighted by Gasteiger charge is 2.16. The molecule has 1 atom stereocenters. The third kappa shape index (κ3) is 3.04. The molecule has 6 nitrogen and oxygen atoms in total. The van der Waals surface area contributed by atoms with Crippen LogP contribution in [0.1, 0.15) is 18.2 Å². The van der Waals surface area contributed by atoms with Gasteiger partial charge >= 0.3 is 0 Å². The van der Waals surface area contributed by atoms with Gasteiger partial charge in [0, 0.05) is 23.2 Å². The SMILES string of the molecule is CC(O)Cc1c(-c2ccccc2)ncn1Cc1cccc2n[nH]nc12. The van der Waals surface area contributed by atoms with Crippen molar-refractivity contribution >= 4 is 11.0 Å². The zero-order valence-corrected chi connectivity index (χ0v) is 13.9. The number of rotatable bonds is 5. The summed E-state index contributed by atoms with van der Waals surface area (Å²) in [6.07, 6.45) is 1.93. The number of H-pyrrole nitrogens is 1. The minimum atomic E-state index is -0.444. The fraction of sp³-hybridized carbons (Fsp3) is 0.211. The lowest BCUT2D eigenvalue weighted by Gasteiger charge is -2.12. The monoisotopic (exact) mass is 333 g/mol. The second-order valence-corrected chi connectivity index (χ2v) is 6.20. The number of nitrogens with one attached hydrogen (secondary N) is 1. The first-order valence-electron chi connectivity index (χ1n) is 8.28. The number of nitrogens with zero attached hydrogens (tertiary/aromatic N) is 4. The Balaban J connectivity index is 1.77. The second-order valence-electron chi connectivity index (χ2n) is 6.20. The van der Waals surface area contributed by atoms with Gasteiger partial charge in [-0.25, -0.2) is 4.98 Å². The number of para-hydroxylation sites is 1. The van der Waals surface area contributed by atoms with Crippen molar-refractivity contribution in [1.82, 2.24) is 25.0 Å². The fourth-order valence-corrected chi connectivity index (χ4v) is 3.11. The van der Waals surface area contributed by atoms with E-state index in [9.17, 15) is 5.11 Å². The summed E-state index contributed by atoms with van der Waals surface area (Å²) in [6, 6.07) is 16.0. The van der Waals surface area contributed by atoms with Crippen molar-refractivity contribution in [3.05, 3.63) is 66.1 Å². The van der Waals surface area contributed by atoms with Gasteiger partial charge in [-0.1, -0.05) is 42.5 Å². The second kappa shape index (κ2) is 6.49. The van der Waals surface area contributed by atoms with Gasteiger partial charge in [0.05, 0.1) is 24.7 Å². The molecular formula is C19H19N5O. The van der Waals surface area contributed by atoms with E-state index < -0.39 is 6.10 Å². The lowest BCUT2D eigenvalue weighted by molar-refractivity contribution is 0.193. The molecule has 2 N–H and O–H groups in total. The molecule has 0 fully saturated rings. The molecule has 0 bridgehead atoms. The summed E-state index contributed by atoms with van der Waals surface area (Å²) in [5.41, 5.74) is 5.75. The molecule has 25 heavy (non-hydrogen) atoms. The molecule has 4 aromatic rings. The van der Waals surface area contributed by atoms with Crippen molar-refractivity contribution in [3.8, 4) is 11.3 Å². The highest BCUT2D eigenvalue weighted by atomic mass is 16.3. The van der Waals surface area contributed by atoms with Crippen LogP contribution in [0.4, 0.5) is 0 Å². The average Bonchev–Trinajstić information content (AvgIpc) is 3.23. The van der Waals surface area contributed by atoms with Crippen LogP contribution in [0, 0.1) is 0 Å². The largest absolute Gasteiger partial charge is 0.393 e. The third-order valence-corrected chi connectivity index (χ3v) is 4.25. The van der Waals surface area contributed by atoms with Crippen LogP contribution in [-0.4, -0.2) is 36.2 Å². The molecule has 0 radical (unpaired) electrons. The van der Waals surface area contributed by atoms with Crippen molar-refractivity contribution < 1.29 is 5.11 Å². The Kier molecular flexibility index (Phi) is 4.03. The van der Waals surface area contributed by atoms with E-state index in [0.29, 0.717) is 13.0 Å². The quantitative estimate of drug-likeness (QED) is 0.588. The first kappa shape index (κ1) is 15.5. The molecule has 126 valence electrons. The minimum Gasteiger partial charge on any atom is -0.393 e. The molecule has 0 aliphatic carbocycles. The number of aliphatic hydroxyl groups excluding tert-OH is 1. The van der Waals surface area contributed by atoms with Crippen molar-refractivity contribution in [1.29, 1.82) is 0 Å². The number of aliphatic hydroxyl groups is 1. The summed E-state index contributed by atoms with van der Waals surface area (Å²) < 4.78 is 2.08. The molecule has 0 aliphatic rings. The first-order chi connectivity index (χ1) is 12.2. The van der Waals surface area contributed by atoms with Gasteiger partial charge in [-0.3, -0.25) is 0 Å². The van der Waals surface area contributed by atoms with Crippen molar-refractivity contribution in [2.75, 3.05) is 0 Å². The maximum absolute atomic E-state index is 9.96. The number of hydrogen-bond donors (Lipinski definition) is 2. The van der Waals surface area contributed by atoms with Gasteiger partial charge in [0.15, 0.2) is 0 Å². The molecule has 4 rings (SSSR count). The normalized spacial score (nSPS) is 12.6. The Morgan fingerprint density at radius 1 is 1.08 bits per heavy atom. The Labute approximate surface area is 145 Å². The summed E-state index contributed by atoms with van der Waals surface area (Å²) in [5.74, 6) is 0. The predicted molar refractivity (Wildman–Crippen MR) is 96.0 cm³/mol. The van der Waals surface area contributed by atoms with Gasteiger partial charge in [0.25, 0.3) is 0 Å². The van der Waals surface area contributed by atoms with E-state index in [1.54, 1.807) is 6.92 Å². The van der Waals surface area contributed by atoms with Gasteiger partial charge in [-0.05, 0) is 13.0 Å². The van der Waals surface area contributed by atoms with Crippen molar-refractivity contribution in [2.45, 2.75) is 26.0 Å². The number of fused-ring (bicyclic) bond motifs is 1. The Bertz CT molecular complexity index is 987. The van der Waals surface area contributed by atoms with Crippen LogP contribution >= 0.6 is 0 Å². The lowest BCUT2D eigenvalue weighted by Crippen LogP contribution is -2.12. The van der Waals surface area contributed by atoms with Crippen LogP contribution in [0.5, 0.6) is 0 Å². The van der Waals surface area contributed by atoms with E-state index in [1.165, 1.54) is 0 Å². The molecule has 2 aromatic carbocycles. The highest BCUT2D eigenvalue weighted by molar-refractivity contribution is 5.77. The van der Waals surface area contributed by atoms with Crippen LogP contribution in [-0.2, 0) is 13.0 Å². The lowest BCUT2D eigenvalue weighted by atomic mass is 10.1. The Morgan fingerprint density at radius 2 is 1.92 bits per heavy atom. The topological polar surface area (TPSA) is 79.6 Å². The van der Waals surface area contributed by atoms with E-state index in [4.69, 9.17) is 0 Å². The Hall–Kier alpha value is -2.99. The van der Waals surface area contributed by atoms with Gasteiger partial charge in [0.2, 0.25) is 0 Å². The van der Waals surface area contributed by atoms with Crippen LogP contribution in [0.25, 0.3) is 22.3 Å². The van der Waals surface area contributed by atoms with E-state index in [0.717, 1.165) is 33.5 Å². The molecule has 0 saturated carbocycles. The number of hydrogen-bond acceptors (Lipinski definition) is 4. The number of imidazole rings is 1. The smallest absolute Gasteiger partial charge is 0.117 e. The van der Waals surface area contributed by atoms with Crippen LogP contribution in [0.2, 0.25) is 0 Å². The van der Waals surface area contributed by atoms with E-state index in [1.807, 2.05) is 54.9 Å². The minimum absolute atomic E-state index is 0.444. The number of aromatic nitrogens is 5. The standard InChI is InChI=1S/C19H19N5O/c1-13(25)10-17-19(14-6-3-2-4-7-14)20-12-24(17)11-15-8-5-9-16-18(15)22-23-21-16/h2-9,12-13,25H,10-11H2,1H3,(H,21,22,23). The summed E-state index contributed by atoms with van der Waals surface area (Å²) >= 11 is 0. The van der Waals surface area contributed by atoms with Crippen molar-refractivity contribution in [2.24, 2.45) is 0 Å². The predicted octanol–water partition coefficient (Wildman–Crippen LogP) is 2.79. The fourth-order valence-electron chi connectivity index (χ4n) is 3.11.